The second kappa shape index (κ2) is 2.62. The van der Waals surface area contributed by atoms with Crippen LogP contribution in [0.1, 0.15) is 35.0 Å². The van der Waals surface area contributed by atoms with Gasteiger partial charge in [0.2, 0.25) is 0 Å². The maximum atomic E-state index is 10.9. The van der Waals surface area contributed by atoms with Crippen LogP contribution in [0, 0.1) is 0 Å². The first-order chi connectivity index (χ1) is 5.81. The Morgan fingerprint density at radius 2 is 2.50 bits per heavy atom. The molecule has 4 heteroatoms. The largest absolute Gasteiger partial charge is 0.464 e. The van der Waals surface area contributed by atoms with Crippen molar-refractivity contribution >= 4 is 5.97 Å². The van der Waals surface area contributed by atoms with Gasteiger partial charge in [0, 0.05) is 12.0 Å². The Kier molecular flexibility index (Phi) is 1.60. The van der Waals surface area contributed by atoms with Gasteiger partial charge in [0.1, 0.15) is 5.76 Å². The highest BCUT2D eigenvalue weighted by Gasteiger charge is 2.28. The van der Waals surface area contributed by atoms with E-state index in [1.54, 1.807) is 6.07 Å². The molecular formula is C8H9NO3. The summed E-state index contributed by atoms with van der Waals surface area (Å²) < 4.78 is 9.45. The van der Waals surface area contributed by atoms with Crippen molar-refractivity contribution in [2.24, 2.45) is 0 Å². The van der Waals surface area contributed by atoms with Crippen molar-refractivity contribution in [3.05, 3.63) is 17.5 Å². The molecule has 64 valence electrons. The molecule has 1 heterocycles. The topological polar surface area (TPSA) is 52.3 Å². The number of ether oxygens (including phenoxy) is 1. The van der Waals surface area contributed by atoms with Crippen LogP contribution >= 0.6 is 0 Å². The van der Waals surface area contributed by atoms with Crippen molar-refractivity contribution < 1.29 is 14.1 Å². The molecule has 1 aromatic rings. The first-order valence-electron chi connectivity index (χ1n) is 3.86. The van der Waals surface area contributed by atoms with E-state index >= 15 is 0 Å². The molecule has 1 aliphatic carbocycles. The Hall–Kier alpha value is -1.32. The number of nitrogens with zero attached hydrogens (tertiary/aromatic N) is 1. The monoisotopic (exact) mass is 167 g/mol. The summed E-state index contributed by atoms with van der Waals surface area (Å²) in [7, 11) is 1.33. The smallest absolute Gasteiger partial charge is 0.360 e. The van der Waals surface area contributed by atoms with E-state index in [0.717, 1.165) is 18.6 Å². The van der Waals surface area contributed by atoms with Gasteiger partial charge in [0.15, 0.2) is 5.69 Å². The van der Waals surface area contributed by atoms with Crippen molar-refractivity contribution in [3.8, 4) is 0 Å². The molecule has 0 unspecified atom stereocenters. The highest BCUT2D eigenvalue weighted by molar-refractivity contribution is 5.86. The van der Waals surface area contributed by atoms with Crippen LogP contribution in [0.25, 0.3) is 0 Å². The van der Waals surface area contributed by atoms with Crippen molar-refractivity contribution in [2.45, 2.75) is 18.8 Å². The fraction of sp³-hybridized carbons (Fsp3) is 0.500. The lowest BCUT2D eigenvalue weighted by Gasteiger charge is -1.88. The Bertz CT molecular complexity index is 301. The van der Waals surface area contributed by atoms with Crippen molar-refractivity contribution in [1.29, 1.82) is 0 Å². The summed E-state index contributed by atoms with van der Waals surface area (Å²) in [5.41, 5.74) is 0.263. The normalized spacial score (nSPS) is 16.1. The van der Waals surface area contributed by atoms with Gasteiger partial charge < -0.3 is 9.26 Å². The van der Waals surface area contributed by atoms with Crippen molar-refractivity contribution in [2.75, 3.05) is 7.11 Å². The predicted molar refractivity (Wildman–Crippen MR) is 39.8 cm³/mol. The highest BCUT2D eigenvalue weighted by Crippen LogP contribution is 2.40. The van der Waals surface area contributed by atoms with Crippen molar-refractivity contribution in [3.63, 3.8) is 0 Å². The van der Waals surface area contributed by atoms with Crippen LogP contribution in [0.15, 0.2) is 10.6 Å². The molecule has 2 rings (SSSR count). The van der Waals surface area contributed by atoms with E-state index in [0.29, 0.717) is 5.92 Å². The summed E-state index contributed by atoms with van der Waals surface area (Å²) in [6, 6.07) is 1.66. The van der Waals surface area contributed by atoms with Gasteiger partial charge in [-0.05, 0) is 12.8 Å². The predicted octanol–water partition coefficient (Wildman–Crippen LogP) is 1.34. The van der Waals surface area contributed by atoms with Gasteiger partial charge in [0.25, 0.3) is 0 Å². The van der Waals surface area contributed by atoms with E-state index in [9.17, 15) is 4.79 Å². The molecule has 4 nitrogen and oxygen atoms in total. The number of hydrogen-bond acceptors (Lipinski definition) is 4. The molecule has 1 aromatic heterocycles. The number of carbonyl (C=O) groups excluding carboxylic acids is 1. The number of hydrogen-bond donors (Lipinski definition) is 0. The summed E-state index contributed by atoms with van der Waals surface area (Å²) in [5, 5.41) is 3.60. The molecule has 1 saturated carbocycles. The molecule has 0 aromatic carbocycles. The second-order valence-corrected chi connectivity index (χ2v) is 2.88. The van der Waals surface area contributed by atoms with Crippen LogP contribution in [0.3, 0.4) is 0 Å². The van der Waals surface area contributed by atoms with E-state index < -0.39 is 5.97 Å². The maximum Gasteiger partial charge on any atom is 0.360 e. The van der Waals surface area contributed by atoms with Gasteiger partial charge in [-0.1, -0.05) is 5.16 Å². The highest BCUT2D eigenvalue weighted by atomic mass is 16.5. The molecule has 0 aliphatic heterocycles. The van der Waals surface area contributed by atoms with Gasteiger partial charge >= 0.3 is 5.97 Å². The van der Waals surface area contributed by atoms with Crippen molar-refractivity contribution in [1.82, 2.24) is 5.16 Å². The van der Waals surface area contributed by atoms with Gasteiger partial charge in [-0.25, -0.2) is 4.79 Å². The van der Waals surface area contributed by atoms with E-state index in [2.05, 4.69) is 9.89 Å². The number of rotatable bonds is 2. The molecule has 0 saturated heterocycles. The van der Waals surface area contributed by atoms with Crippen LogP contribution in [0.5, 0.6) is 0 Å². The van der Waals surface area contributed by atoms with Crippen LogP contribution in [-0.4, -0.2) is 18.2 Å². The lowest BCUT2D eigenvalue weighted by Crippen LogP contribution is -2.00. The Morgan fingerprint density at radius 1 is 1.75 bits per heavy atom. The fourth-order valence-corrected chi connectivity index (χ4v) is 1.05. The minimum absolute atomic E-state index is 0.263. The third kappa shape index (κ3) is 1.20. The first-order valence-corrected chi connectivity index (χ1v) is 3.86. The third-order valence-electron chi connectivity index (χ3n) is 1.90. The maximum absolute atomic E-state index is 10.9. The summed E-state index contributed by atoms with van der Waals surface area (Å²) >= 11 is 0. The number of aromatic nitrogens is 1. The molecule has 0 bridgehead atoms. The van der Waals surface area contributed by atoms with E-state index in [-0.39, 0.29) is 5.69 Å². The first kappa shape index (κ1) is 7.34. The molecule has 0 spiro atoms. The lowest BCUT2D eigenvalue weighted by atomic mass is 10.3. The minimum atomic E-state index is -0.439. The third-order valence-corrected chi connectivity index (χ3v) is 1.90. The lowest BCUT2D eigenvalue weighted by molar-refractivity contribution is 0.0589. The number of esters is 1. The molecule has 0 N–H and O–H groups in total. The molecule has 1 fully saturated rings. The number of methoxy groups -OCH3 is 1. The number of carbonyl (C=O) groups is 1. The summed E-state index contributed by atoms with van der Waals surface area (Å²) in [6.45, 7) is 0. The Balaban J connectivity index is 2.17. The van der Waals surface area contributed by atoms with Gasteiger partial charge in [0.05, 0.1) is 7.11 Å². The Labute approximate surface area is 69.5 Å². The zero-order valence-electron chi connectivity index (χ0n) is 6.74. The zero-order chi connectivity index (χ0) is 8.55. The minimum Gasteiger partial charge on any atom is -0.464 e. The SMILES string of the molecule is COC(=O)c1cc(C2CC2)on1. The average molecular weight is 167 g/mol. The van der Waals surface area contributed by atoms with Gasteiger partial charge in [-0.15, -0.1) is 0 Å². The van der Waals surface area contributed by atoms with Crippen LogP contribution in [0.2, 0.25) is 0 Å². The molecule has 12 heavy (non-hydrogen) atoms. The summed E-state index contributed by atoms with van der Waals surface area (Å²) in [5.74, 6) is 0.844. The van der Waals surface area contributed by atoms with Crippen LogP contribution in [0.4, 0.5) is 0 Å². The quantitative estimate of drug-likeness (QED) is 0.623. The van der Waals surface area contributed by atoms with E-state index in [1.807, 2.05) is 0 Å². The van der Waals surface area contributed by atoms with Gasteiger partial charge in [-0.2, -0.15) is 0 Å². The molecule has 1 aliphatic rings. The molecule has 0 radical (unpaired) electrons. The standard InChI is InChI=1S/C8H9NO3/c1-11-8(10)6-4-7(12-9-6)5-2-3-5/h4-5H,2-3H2,1H3. The van der Waals surface area contributed by atoms with Gasteiger partial charge in [-0.3, -0.25) is 0 Å². The summed E-state index contributed by atoms with van der Waals surface area (Å²) in [4.78, 5) is 10.9. The summed E-state index contributed by atoms with van der Waals surface area (Å²) in [6.07, 6.45) is 2.27. The molecule has 0 atom stereocenters. The Morgan fingerprint density at radius 3 is 3.08 bits per heavy atom. The second-order valence-electron chi connectivity index (χ2n) is 2.88. The molecular weight excluding hydrogens is 158 g/mol. The van der Waals surface area contributed by atoms with Crippen LogP contribution in [-0.2, 0) is 4.74 Å². The van der Waals surface area contributed by atoms with E-state index in [4.69, 9.17) is 4.52 Å². The zero-order valence-corrected chi connectivity index (χ0v) is 6.74. The average Bonchev–Trinajstić information content (AvgIpc) is 2.83. The molecule has 0 amide bonds. The fourth-order valence-electron chi connectivity index (χ4n) is 1.05. The van der Waals surface area contributed by atoms with Crippen LogP contribution < -0.4 is 0 Å². The van der Waals surface area contributed by atoms with E-state index in [1.165, 1.54) is 7.11 Å².